The van der Waals surface area contributed by atoms with Crippen molar-refractivity contribution in [1.82, 2.24) is 29.9 Å². The van der Waals surface area contributed by atoms with Gasteiger partial charge in [0.15, 0.2) is 0 Å². The summed E-state index contributed by atoms with van der Waals surface area (Å²) in [4.78, 5) is 45.2. The van der Waals surface area contributed by atoms with Gasteiger partial charge in [0.2, 0.25) is 5.91 Å². The molecule has 4 heterocycles. The quantitative estimate of drug-likeness (QED) is 0.594. The van der Waals surface area contributed by atoms with Gasteiger partial charge in [-0.05, 0) is 44.5 Å². The first-order valence-corrected chi connectivity index (χ1v) is 11.8. The fourth-order valence-corrected chi connectivity index (χ4v) is 4.86. The highest BCUT2D eigenvalue weighted by Gasteiger charge is 2.23. The molecule has 5 rings (SSSR count). The summed E-state index contributed by atoms with van der Waals surface area (Å²) in [6.07, 6.45) is 3.23. The van der Waals surface area contributed by atoms with Crippen LogP contribution in [0, 0.1) is 6.92 Å². The number of piperazine rings is 1. The van der Waals surface area contributed by atoms with Crippen LogP contribution in [-0.2, 0) is 9.53 Å². The molecular weight excluding hydrogens is 436 g/mol. The number of H-pyrrole nitrogens is 1. The normalized spacial score (nSPS) is 18.0. The summed E-state index contributed by atoms with van der Waals surface area (Å²) in [5.74, 6) is -0.387. The molecule has 0 unspecified atom stereocenters. The first-order valence-electron chi connectivity index (χ1n) is 11.8. The Morgan fingerprint density at radius 1 is 1.15 bits per heavy atom. The Morgan fingerprint density at radius 3 is 2.62 bits per heavy atom. The standard InChI is InChI=1S/C24H30N6O4/c1-15-11-20-18(12-17(15)23(32)25-14-21(31)29-7-5-28(2)6-8-29)22-19(24(33)27-20)13-26-30(22)16-3-9-34-10-4-16/h11-13,16H,3-10,14H2,1-2H3,(H,25,32)(H,27,33). The van der Waals surface area contributed by atoms with E-state index in [0.717, 1.165) is 42.4 Å². The number of hydrogen-bond acceptors (Lipinski definition) is 6. The second kappa shape index (κ2) is 9.19. The molecule has 180 valence electrons. The number of nitrogens with one attached hydrogen (secondary N) is 2. The molecule has 2 fully saturated rings. The van der Waals surface area contributed by atoms with E-state index in [1.165, 1.54) is 0 Å². The third kappa shape index (κ3) is 4.19. The van der Waals surface area contributed by atoms with Gasteiger partial charge in [0.25, 0.3) is 11.5 Å². The fraction of sp³-hybridized carbons (Fsp3) is 0.500. The Bertz CT molecular complexity index is 1300. The Balaban J connectivity index is 1.45. The zero-order chi connectivity index (χ0) is 23.8. The zero-order valence-electron chi connectivity index (χ0n) is 19.6. The lowest BCUT2D eigenvalue weighted by Crippen LogP contribution is -2.50. The van der Waals surface area contributed by atoms with Crippen LogP contribution in [0.2, 0.25) is 0 Å². The lowest BCUT2D eigenvalue weighted by molar-refractivity contribution is -0.131. The summed E-state index contributed by atoms with van der Waals surface area (Å²) >= 11 is 0. The molecule has 10 nitrogen and oxygen atoms in total. The van der Waals surface area contributed by atoms with Crippen molar-refractivity contribution >= 4 is 33.6 Å². The molecule has 0 bridgehead atoms. The predicted molar refractivity (Wildman–Crippen MR) is 128 cm³/mol. The number of nitrogens with zero attached hydrogens (tertiary/aromatic N) is 4. The molecule has 2 saturated heterocycles. The van der Waals surface area contributed by atoms with E-state index in [0.29, 0.717) is 42.8 Å². The van der Waals surface area contributed by atoms with Gasteiger partial charge in [0.1, 0.15) is 0 Å². The van der Waals surface area contributed by atoms with Gasteiger partial charge in [0.05, 0.1) is 35.2 Å². The first kappa shape index (κ1) is 22.5. The average Bonchev–Trinajstić information content (AvgIpc) is 3.29. The maximum absolute atomic E-state index is 13.1. The number of likely N-dealkylation sites (N-methyl/N-ethyl adjacent to an activating group) is 1. The SMILES string of the molecule is Cc1cc2[nH]c(=O)c3cnn(C4CCOCC4)c3c2cc1C(=O)NCC(=O)N1CCN(C)CC1. The Kier molecular flexibility index (Phi) is 6.09. The van der Waals surface area contributed by atoms with Crippen molar-refractivity contribution in [3.05, 3.63) is 39.8 Å². The Hall–Kier alpha value is -3.24. The average molecular weight is 467 g/mol. The van der Waals surface area contributed by atoms with Crippen LogP contribution < -0.4 is 10.9 Å². The van der Waals surface area contributed by atoms with Crippen LogP contribution in [0.15, 0.2) is 23.1 Å². The van der Waals surface area contributed by atoms with Crippen LogP contribution in [0.1, 0.15) is 34.8 Å². The van der Waals surface area contributed by atoms with E-state index in [2.05, 4.69) is 20.3 Å². The number of rotatable bonds is 4. The molecule has 34 heavy (non-hydrogen) atoms. The van der Waals surface area contributed by atoms with E-state index in [9.17, 15) is 14.4 Å². The number of amides is 2. The van der Waals surface area contributed by atoms with E-state index in [-0.39, 0.29) is 30.0 Å². The molecule has 0 aliphatic carbocycles. The third-order valence-corrected chi connectivity index (χ3v) is 6.95. The number of aromatic nitrogens is 3. The van der Waals surface area contributed by atoms with Crippen LogP contribution in [0.5, 0.6) is 0 Å². The highest BCUT2D eigenvalue weighted by Crippen LogP contribution is 2.29. The minimum absolute atomic E-state index is 0.0406. The van der Waals surface area contributed by atoms with Crippen LogP contribution in [-0.4, -0.2) is 89.4 Å². The molecule has 2 aromatic heterocycles. The van der Waals surface area contributed by atoms with Crippen LogP contribution in [0.3, 0.4) is 0 Å². The highest BCUT2D eigenvalue weighted by atomic mass is 16.5. The van der Waals surface area contributed by atoms with Crippen molar-refractivity contribution < 1.29 is 14.3 Å². The number of pyridine rings is 1. The number of ether oxygens (including phenoxy) is 1. The van der Waals surface area contributed by atoms with Crippen LogP contribution in [0.4, 0.5) is 0 Å². The number of aryl methyl sites for hydroxylation is 1. The van der Waals surface area contributed by atoms with Gasteiger partial charge in [-0.15, -0.1) is 0 Å². The van der Waals surface area contributed by atoms with Crippen LogP contribution in [0.25, 0.3) is 21.8 Å². The van der Waals surface area contributed by atoms with Gasteiger partial charge in [-0.2, -0.15) is 5.10 Å². The van der Waals surface area contributed by atoms with Crippen molar-refractivity contribution in [2.24, 2.45) is 0 Å². The Labute approximate surface area is 196 Å². The lowest BCUT2D eigenvalue weighted by atomic mass is 10.0. The molecule has 0 saturated carbocycles. The van der Waals surface area contributed by atoms with Gasteiger partial charge in [-0.3, -0.25) is 19.1 Å². The van der Waals surface area contributed by atoms with Crippen molar-refractivity contribution in [1.29, 1.82) is 0 Å². The van der Waals surface area contributed by atoms with E-state index in [1.54, 1.807) is 17.2 Å². The molecule has 2 N–H and O–H groups in total. The summed E-state index contributed by atoms with van der Waals surface area (Å²) in [5, 5.41) is 8.58. The molecule has 10 heteroatoms. The van der Waals surface area contributed by atoms with Gasteiger partial charge in [0, 0.05) is 50.3 Å². The smallest absolute Gasteiger partial charge is 0.259 e. The van der Waals surface area contributed by atoms with Gasteiger partial charge in [-0.1, -0.05) is 0 Å². The first-order chi connectivity index (χ1) is 16.4. The van der Waals surface area contributed by atoms with Crippen molar-refractivity contribution in [3.63, 3.8) is 0 Å². The number of fused-ring (bicyclic) bond motifs is 3. The maximum Gasteiger partial charge on any atom is 0.259 e. The Morgan fingerprint density at radius 2 is 1.88 bits per heavy atom. The second-order valence-corrected chi connectivity index (χ2v) is 9.23. The number of aromatic amines is 1. The summed E-state index contributed by atoms with van der Waals surface area (Å²) in [7, 11) is 2.03. The highest BCUT2D eigenvalue weighted by molar-refractivity contribution is 6.08. The molecule has 3 aromatic rings. The summed E-state index contributed by atoms with van der Waals surface area (Å²) < 4.78 is 7.39. The minimum atomic E-state index is -0.307. The molecule has 0 spiro atoms. The lowest BCUT2D eigenvalue weighted by Gasteiger charge is -2.32. The van der Waals surface area contributed by atoms with E-state index in [4.69, 9.17) is 4.74 Å². The molecule has 0 atom stereocenters. The monoisotopic (exact) mass is 466 g/mol. The number of carbonyl (C=O) groups is 2. The summed E-state index contributed by atoms with van der Waals surface area (Å²) in [6, 6.07) is 3.75. The molecule has 2 aliphatic heterocycles. The zero-order valence-corrected chi connectivity index (χ0v) is 19.6. The van der Waals surface area contributed by atoms with Gasteiger partial charge >= 0.3 is 0 Å². The van der Waals surface area contributed by atoms with E-state index < -0.39 is 0 Å². The molecule has 1 aromatic carbocycles. The maximum atomic E-state index is 13.1. The van der Waals surface area contributed by atoms with Crippen molar-refractivity contribution in [2.45, 2.75) is 25.8 Å². The van der Waals surface area contributed by atoms with Crippen molar-refractivity contribution in [2.75, 3.05) is 53.0 Å². The number of hydrogen-bond donors (Lipinski definition) is 2. The predicted octanol–water partition coefficient (Wildman–Crippen LogP) is 1.04. The fourth-order valence-electron chi connectivity index (χ4n) is 4.86. The van der Waals surface area contributed by atoms with E-state index >= 15 is 0 Å². The topological polar surface area (TPSA) is 113 Å². The second-order valence-electron chi connectivity index (χ2n) is 9.23. The number of benzene rings is 1. The van der Waals surface area contributed by atoms with Gasteiger partial charge < -0.3 is 24.8 Å². The van der Waals surface area contributed by atoms with Gasteiger partial charge in [-0.25, -0.2) is 0 Å². The molecule has 0 radical (unpaired) electrons. The number of carbonyl (C=O) groups excluding carboxylic acids is 2. The van der Waals surface area contributed by atoms with Crippen LogP contribution >= 0.6 is 0 Å². The molecule has 2 amide bonds. The summed E-state index contributed by atoms with van der Waals surface area (Å²) in [5.41, 5.74) is 2.40. The third-order valence-electron chi connectivity index (χ3n) is 6.95. The molecular formula is C24H30N6O4. The van der Waals surface area contributed by atoms with E-state index in [1.807, 2.05) is 24.7 Å². The van der Waals surface area contributed by atoms with Crippen molar-refractivity contribution in [3.8, 4) is 0 Å². The summed E-state index contributed by atoms with van der Waals surface area (Å²) in [6.45, 7) is 6.10. The molecule has 2 aliphatic rings. The minimum Gasteiger partial charge on any atom is -0.381 e. The largest absolute Gasteiger partial charge is 0.381 e.